The molecule has 0 aromatic heterocycles. The summed E-state index contributed by atoms with van der Waals surface area (Å²) in [6.07, 6.45) is 0. The van der Waals surface area contributed by atoms with E-state index in [2.05, 4.69) is 10.5 Å². The number of hydrazone groups is 1. The Morgan fingerprint density at radius 2 is 1.52 bits per heavy atom. The largest absolute Gasteiger partial charge is 0.489 e. The highest BCUT2D eigenvalue weighted by Crippen LogP contribution is 2.15. The van der Waals surface area contributed by atoms with Crippen LogP contribution in [0.25, 0.3) is 0 Å². The van der Waals surface area contributed by atoms with E-state index in [1.54, 1.807) is 6.92 Å². The molecule has 29 heavy (non-hydrogen) atoms. The number of nitrogens with zero attached hydrogens (tertiary/aromatic N) is 1. The van der Waals surface area contributed by atoms with Crippen molar-refractivity contribution in [1.82, 2.24) is 5.43 Å². The van der Waals surface area contributed by atoms with Gasteiger partial charge in [-0.3, -0.25) is 4.79 Å². The quantitative estimate of drug-likeness (QED) is 0.459. The van der Waals surface area contributed by atoms with Gasteiger partial charge < -0.3 is 9.47 Å². The molecule has 0 saturated heterocycles. The van der Waals surface area contributed by atoms with Crippen molar-refractivity contribution in [3.8, 4) is 11.5 Å². The average molecular weight is 392 g/mol. The van der Waals surface area contributed by atoms with E-state index in [9.17, 15) is 9.18 Å². The lowest BCUT2D eigenvalue weighted by atomic mass is 10.1. The van der Waals surface area contributed by atoms with Crippen molar-refractivity contribution in [3.63, 3.8) is 0 Å². The minimum absolute atomic E-state index is 0.214. The van der Waals surface area contributed by atoms with E-state index in [0.29, 0.717) is 18.1 Å². The summed E-state index contributed by atoms with van der Waals surface area (Å²) in [5, 5.41) is 4.08. The smallest absolute Gasteiger partial charge is 0.277 e. The van der Waals surface area contributed by atoms with Gasteiger partial charge in [0.1, 0.15) is 23.9 Å². The Hall–Kier alpha value is -3.67. The Kier molecular flexibility index (Phi) is 6.95. The van der Waals surface area contributed by atoms with Crippen LogP contribution in [-0.4, -0.2) is 18.2 Å². The van der Waals surface area contributed by atoms with Crippen molar-refractivity contribution in [1.29, 1.82) is 0 Å². The van der Waals surface area contributed by atoms with Crippen LogP contribution >= 0.6 is 0 Å². The molecule has 5 nitrogen and oxygen atoms in total. The summed E-state index contributed by atoms with van der Waals surface area (Å²) in [6, 6.07) is 22.8. The van der Waals surface area contributed by atoms with Gasteiger partial charge in [-0.25, -0.2) is 9.82 Å². The summed E-state index contributed by atoms with van der Waals surface area (Å²) in [4.78, 5) is 11.9. The topological polar surface area (TPSA) is 59.9 Å². The molecule has 148 valence electrons. The Bertz CT molecular complexity index is 956. The van der Waals surface area contributed by atoms with Gasteiger partial charge in [0.05, 0.1) is 5.71 Å². The van der Waals surface area contributed by atoms with E-state index in [0.717, 1.165) is 16.9 Å². The third-order valence-electron chi connectivity index (χ3n) is 4.05. The van der Waals surface area contributed by atoms with Crippen LogP contribution in [0.15, 0.2) is 84.0 Å². The van der Waals surface area contributed by atoms with Crippen LogP contribution in [0.1, 0.15) is 18.1 Å². The molecule has 0 saturated carbocycles. The second-order valence-corrected chi connectivity index (χ2v) is 6.27. The van der Waals surface area contributed by atoms with Crippen molar-refractivity contribution in [3.05, 3.63) is 95.8 Å². The molecule has 0 aliphatic heterocycles. The molecule has 0 bridgehead atoms. The fourth-order valence-electron chi connectivity index (χ4n) is 2.46. The molecule has 6 heteroatoms. The zero-order valence-corrected chi connectivity index (χ0v) is 16.0. The van der Waals surface area contributed by atoms with Crippen LogP contribution in [0.4, 0.5) is 4.39 Å². The highest BCUT2D eigenvalue weighted by Gasteiger charge is 2.04. The van der Waals surface area contributed by atoms with E-state index in [4.69, 9.17) is 9.47 Å². The molecule has 1 N–H and O–H groups in total. The first kappa shape index (κ1) is 20.1. The van der Waals surface area contributed by atoms with Gasteiger partial charge in [0, 0.05) is 0 Å². The predicted octanol–water partition coefficient (Wildman–Crippen LogP) is 4.32. The third-order valence-corrected chi connectivity index (χ3v) is 4.05. The summed E-state index contributed by atoms with van der Waals surface area (Å²) in [5.74, 6) is 0.394. The summed E-state index contributed by atoms with van der Waals surface area (Å²) in [7, 11) is 0. The maximum absolute atomic E-state index is 12.8. The Morgan fingerprint density at radius 3 is 2.21 bits per heavy atom. The minimum atomic E-state index is -0.406. The Balaban J connectivity index is 1.47. The molecule has 0 unspecified atom stereocenters. The van der Waals surface area contributed by atoms with Crippen molar-refractivity contribution < 1.29 is 18.7 Å². The number of hydrogen-bond donors (Lipinski definition) is 1. The number of halogens is 1. The SMILES string of the molecule is CC(=NNC(=O)COc1ccc(F)cc1)c1ccc(OCc2ccccc2)cc1. The molecule has 0 heterocycles. The van der Waals surface area contributed by atoms with Crippen LogP contribution in [0.3, 0.4) is 0 Å². The Morgan fingerprint density at radius 1 is 0.897 bits per heavy atom. The van der Waals surface area contributed by atoms with Gasteiger partial charge in [-0.2, -0.15) is 5.10 Å². The lowest BCUT2D eigenvalue weighted by Crippen LogP contribution is -2.25. The number of nitrogens with one attached hydrogen (secondary N) is 1. The number of carbonyl (C=O) groups excluding carboxylic acids is 1. The van der Waals surface area contributed by atoms with Crippen LogP contribution in [0, 0.1) is 5.82 Å². The molecule has 1 amide bonds. The molecule has 0 radical (unpaired) electrons. The molecule has 3 aromatic rings. The zero-order valence-electron chi connectivity index (χ0n) is 16.0. The first-order chi connectivity index (χ1) is 14.1. The second kappa shape index (κ2) is 10.0. The molecular weight excluding hydrogens is 371 g/mol. The monoisotopic (exact) mass is 392 g/mol. The number of hydrogen-bond acceptors (Lipinski definition) is 4. The number of ether oxygens (including phenoxy) is 2. The van der Waals surface area contributed by atoms with E-state index >= 15 is 0 Å². The summed E-state index contributed by atoms with van der Waals surface area (Å²) >= 11 is 0. The normalized spacial score (nSPS) is 11.0. The number of rotatable bonds is 8. The molecule has 3 aromatic carbocycles. The van der Waals surface area contributed by atoms with E-state index in [1.807, 2.05) is 54.6 Å². The number of carbonyl (C=O) groups is 1. The number of amides is 1. The van der Waals surface area contributed by atoms with Crippen LogP contribution < -0.4 is 14.9 Å². The highest BCUT2D eigenvalue weighted by molar-refractivity contribution is 5.99. The van der Waals surface area contributed by atoms with E-state index < -0.39 is 5.91 Å². The molecule has 0 spiro atoms. The lowest BCUT2D eigenvalue weighted by Gasteiger charge is -2.08. The van der Waals surface area contributed by atoms with E-state index in [-0.39, 0.29) is 12.4 Å². The molecule has 0 aliphatic carbocycles. The van der Waals surface area contributed by atoms with Crippen molar-refractivity contribution in [2.45, 2.75) is 13.5 Å². The Labute approximate surface area is 168 Å². The van der Waals surface area contributed by atoms with Crippen molar-refractivity contribution in [2.75, 3.05) is 6.61 Å². The predicted molar refractivity (Wildman–Crippen MR) is 109 cm³/mol. The second-order valence-electron chi connectivity index (χ2n) is 6.27. The van der Waals surface area contributed by atoms with Crippen LogP contribution in [0.5, 0.6) is 11.5 Å². The summed E-state index contributed by atoms with van der Waals surface area (Å²) in [6.45, 7) is 2.08. The van der Waals surface area contributed by atoms with Crippen molar-refractivity contribution >= 4 is 11.6 Å². The first-order valence-corrected chi connectivity index (χ1v) is 9.09. The fourth-order valence-corrected chi connectivity index (χ4v) is 2.46. The molecule has 0 fully saturated rings. The van der Waals surface area contributed by atoms with Gasteiger partial charge in [0.25, 0.3) is 5.91 Å². The van der Waals surface area contributed by atoms with E-state index in [1.165, 1.54) is 24.3 Å². The lowest BCUT2D eigenvalue weighted by molar-refractivity contribution is -0.123. The van der Waals surface area contributed by atoms with Gasteiger partial charge in [0.2, 0.25) is 0 Å². The van der Waals surface area contributed by atoms with Crippen molar-refractivity contribution in [2.24, 2.45) is 5.10 Å². The zero-order chi connectivity index (χ0) is 20.5. The third kappa shape index (κ3) is 6.46. The van der Waals surface area contributed by atoms with Gasteiger partial charge in [-0.05, 0) is 66.6 Å². The number of benzene rings is 3. The van der Waals surface area contributed by atoms with Gasteiger partial charge in [-0.1, -0.05) is 30.3 Å². The first-order valence-electron chi connectivity index (χ1n) is 9.09. The van der Waals surface area contributed by atoms with Crippen LogP contribution in [-0.2, 0) is 11.4 Å². The van der Waals surface area contributed by atoms with Gasteiger partial charge in [0.15, 0.2) is 6.61 Å². The molecule has 0 aliphatic rings. The maximum Gasteiger partial charge on any atom is 0.277 e. The molecule has 0 atom stereocenters. The standard InChI is InChI=1S/C23H21FN2O3/c1-17(25-26-23(27)16-29-22-13-9-20(24)10-14-22)19-7-11-21(12-8-19)28-15-18-5-3-2-4-6-18/h2-14H,15-16H2,1H3,(H,26,27). The molecular formula is C23H21FN2O3. The maximum atomic E-state index is 12.8. The van der Waals surface area contributed by atoms with Gasteiger partial charge in [-0.15, -0.1) is 0 Å². The van der Waals surface area contributed by atoms with Gasteiger partial charge >= 0.3 is 0 Å². The average Bonchev–Trinajstić information content (AvgIpc) is 2.76. The fraction of sp³-hybridized carbons (Fsp3) is 0.130. The minimum Gasteiger partial charge on any atom is -0.489 e. The summed E-state index contributed by atoms with van der Waals surface area (Å²) < 4.78 is 23.9. The summed E-state index contributed by atoms with van der Waals surface area (Å²) in [5.41, 5.74) is 5.05. The highest BCUT2D eigenvalue weighted by atomic mass is 19.1. The van der Waals surface area contributed by atoms with Crippen LogP contribution in [0.2, 0.25) is 0 Å². The molecule has 3 rings (SSSR count).